The second-order valence-electron chi connectivity index (χ2n) is 5.13. The zero-order valence-electron chi connectivity index (χ0n) is 12.3. The van der Waals surface area contributed by atoms with Crippen LogP contribution in [-0.4, -0.2) is 12.9 Å². The summed E-state index contributed by atoms with van der Waals surface area (Å²) >= 11 is 0. The molecule has 0 spiro atoms. The van der Waals surface area contributed by atoms with Crippen molar-refractivity contribution in [1.29, 1.82) is 0 Å². The molecule has 2 aromatic carbocycles. The van der Waals surface area contributed by atoms with Gasteiger partial charge in [-0.15, -0.1) is 0 Å². The van der Waals surface area contributed by atoms with Gasteiger partial charge in [0.1, 0.15) is 11.5 Å². The van der Waals surface area contributed by atoms with Crippen LogP contribution in [0.3, 0.4) is 0 Å². The maximum atomic E-state index is 12.3. The molecule has 0 fully saturated rings. The topological polar surface area (TPSA) is 26.3 Å². The quantitative estimate of drug-likeness (QED) is 0.827. The summed E-state index contributed by atoms with van der Waals surface area (Å²) in [6.07, 6.45) is 0.892. The van der Waals surface area contributed by atoms with Crippen LogP contribution in [0.15, 0.2) is 42.5 Å². The zero-order chi connectivity index (χ0) is 14.5. The molecule has 20 heavy (non-hydrogen) atoms. The molecule has 0 atom stereocenters. The Morgan fingerprint density at radius 2 is 1.70 bits per heavy atom. The van der Waals surface area contributed by atoms with E-state index < -0.39 is 0 Å². The fourth-order valence-electron chi connectivity index (χ4n) is 2.34. The van der Waals surface area contributed by atoms with Gasteiger partial charge in [-0.05, 0) is 31.0 Å². The van der Waals surface area contributed by atoms with Crippen molar-refractivity contribution in [2.24, 2.45) is 0 Å². The maximum absolute atomic E-state index is 12.3. The van der Waals surface area contributed by atoms with Crippen LogP contribution in [0.5, 0.6) is 5.75 Å². The summed E-state index contributed by atoms with van der Waals surface area (Å²) in [6, 6.07) is 14.0. The second kappa shape index (κ2) is 6.38. The number of rotatable bonds is 5. The van der Waals surface area contributed by atoms with Gasteiger partial charge in [-0.25, -0.2) is 0 Å². The minimum atomic E-state index is 0.211. The Balaban J connectivity index is 2.12. The number of ketones is 1. The Morgan fingerprint density at radius 1 is 1.00 bits per heavy atom. The molecular weight excluding hydrogens is 248 g/mol. The van der Waals surface area contributed by atoms with Gasteiger partial charge >= 0.3 is 0 Å². The van der Waals surface area contributed by atoms with Crippen LogP contribution in [0, 0.1) is 13.8 Å². The summed E-state index contributed by atoms with van der Waals surface area (Å²) in [6.45, 7) is 4.06. The van der Waals surface area contributed by atoms with Gasteiger partial charge in [-0.1, -0.05) is 42.0 Å². The Labute approximate surface area is 120 Å². The lowest BCUT2D eigenvalue weighted by Crippen LogP contribution is -2.08. The van der Waals surface area contributed by atoms with Gasteiger partial charge in [0, 0.05) is 18.4 Å². The molecule has 104 valence electrons. The molecule has 0 amide bonds. The molecule has 0 saturated heterocycles. The predicted octanol–water partition coefficient (Wildman–Crippen LogP) is 3.67. The highest BCUT2D eigenvalue weighted by molar-refractivity contribution is 5.84. The molecule has 0 aromatic heterocycles. The fraction of sp³-hybridized carbons (Fsp3) is 0.278. The second-order valence-corrected chi connectivity index (χ2v) is 5.13. The molecule has 0 heterocycles. The van der Waals surface area contributed by atoms with E-state index in [1.807, 2.05) is 56.3 Å². The van der Waals surface area contributed by atoms with Crippen molar-refractivity contribution >= 4 is 5.78 Å². The van der Waals surface area contributed by atoms with Crippen molar-refractivity contribution in [2.45, 2.75) is 26.7 Å². The number of benzene rings is 2. The lowest BCUT2D eigenvalue weighted by atomic mass is 9.98. The van der Waals surface area contributed by atoms with Gasteiger partial charge in [0.15, 0.2) is 0 Å². The van der Waals surface area contributed by atoms with Gasteiger partial charge in [0.05, 0.1) is 7.11 Å². The summed E-state index contributed by atoms with van der Waals surface area (Å²) in [5, 5.41) is 0. The first-order valence-electron chi connectivity index (χ1n) is 6.80. The summed E-state index contributed by atoms with van der Waals surface area (Å²) in [7, 11) is 1.64. The van der Waals surface area contributed by atoms with Crippen molar-refractivity contribution in [1.82, 2.24) is 0 Å². The SMILES string of the molecule is COc1ccc(C)cc1CC(=O)Cc1ccccc1C. The summed E-state index contributed by atoms with van der Waals surface area (Å²) in [5.74, 6) is 0.997. The number of Topliss-reactive ketones (excluding diaryl/α,β-unsaturated/α-hetero) is 1. The predicted molar refractivity (Wildman–Crippen MR) is 81.3 cm³/mol. The lowest BCUT2D eigenvalue weighted by Gasteiger charge is -2.10. The Kier molecular flexibility index (Phi) is 4.57. The van der Waals surface area contributed by atoms with Gasteiger partial charge < -0.3 is 4.74 Å². The van der Waals surface area contributed by atoms with E-state index in [1.165, 1.54) is 0 Å². The summed E-state index contributed by atoms with van der Waals surface area (Å²) in [4.78, 5) is 12.3. The number of aryl methyl sites for hydroxylation is 2. The number of methoxy groups -OCH3 is 1. The highest BCUT2D eigenvalue weighted by atomic mass is 16.5. The molecular formula is C18H20O2. The molecule has 2 heteroatoms. The first-order chi connectivity index (χ1) is 9.60. The Hall–Kier alpha value is -2.09. The molecule has 0 bridgehead atoms. The highest BCUT2D eigenvalue weighted by Gasteiger charge is 2.11. The Morgan fingerprint density at radius 3 is 2.40 bits per heavy atom. The van der Waals surface area contributed by atoms with E-state index in [4.69, 9.17) is 4.74 Å². The van der Waals surface area contributed by atoms with Crippen molar-refractivity contribution in [3.63, 3.8) is 0 Å². The molecule has 0 aliphatic carbocycles. The van der Waals surface area contributed by atoms with E-state index in [0.29, 0.717) is 12.8 Å². The molecule has 0 N–H and O–H groups in total. The van der Waals surface area contributed by atoms with Crippen molar-refractivity contribution in [3.05, 3.63) is 64.7 Å². The van der Waals surface area contributed by atoms with Crippen molar-refractivity contribution in [3.8, 4) is 5.75 Å². The monoisotopic (exact) mass is 268 g/mol. The van der Waals surface area contributed by atoms with E-state index in [0.717, 1.165) is 28.0 Å². The molecule has 2 nitrogen and oxygen atoms in total. The van der Waals surface area contributed by atoms with Gasteiger partial charge in [0.25, 0.3) is 0 Å². The molecule has 0 radical (unpaired) electrons. The van der Waals surface area contributed by atoms with E-state index in [-0.39, 0.29) is 5.78 Å². The van der Waals surface area contributed by atoms with E-state index in [9.17, 15) is 4.79 Å². The van der Waals surface area contributed by atoms with Crippen LogP contribution in [0.4, 0.5) is 0 Å². The standard InChI is InChI=1S/C18H20O2/c1-13-8-9-18(20-3)16(10-13)12-17(19)11-15-7-5-4-6-14(15)2/h4-10H,11-12H2,1-3H3. The Bertz CT molecular complexity index is 615. The van der Waals surface area contributed by atoms with Crippen LogP contribution in [0.1, 0.15) is 22.3 Å². The van der Waals surface area contributed by atoms with Crippen LogP contribution in [-0.2, 0) is 17.6 Å². The van der Waals surface area contributed by atoms with Gasteiger partial charge in [-0.3, -0.25) is 4.79 Å². The lowest BCUT2D eigenvalue weighted by molar-refractivity contribution is -0.117. The van der Waals surface area contributed by atoms with Gasteiger partial charge in [0.2, 0.25) is 0 Å². The largest absolute Gasteiger partial charge is 0.496 e. The average molecular weight is 268 g/mol. The normalized spacial score (nSPS) is 10.3. The smallest absolute Gasteiger partial charge is 0.141 e. The first kappa shape index (κ1) is 14.3. The van der Waals surface area contributed by atoms with E-state index in [1.54, 1.807) is 7.11 Å². The summed E-state index contributed by atoms with van der Waals surface area (Å²) in [5.41, 5.74) is 4.37. The minimum Gasteiger partial charge on any atom is -0.496 e. The highest BCUT2D eigenvalue weighted by Crippen LogP contribution is 2.21. The molecule has 0 unspecified atom stereocenters. The van der Waals surface area contributed by atoms with Crippen LogP contribution in [0.2, 0.25) is 0 Å². The van der Waals surface area contributed by atoms with Crippen molar-refractivity contribution < 1.29 is 9.53 Å². The maximum Gasteiger partial charge on any atom is 0.141 e. The first-order valence-corrected chi connectivity index (χ1v) is 6.80. The van der Waals surface area contributed by atoms with Crippen LogP contribution < -0.4 is 4.74 Å². The summed E-state index contributed by atoms with van der Waals surface area (Å²) < 4.78 is 5.32. The fourth-order valence-corrected chi connectivity index (χ4v) is 2.34. The number of carbonyl (C=O) groups excluding carboxylic acids is 1. The minimum absolute atomic E-state index is 0.211. The third-order valence-corrected chi connectivity index (χ3v) is 3.47. The van der Waals surface area contributed by atoms with E-state index in [2.05, 4.69) is 0 Å². The van der Waals surface area contributed by atoms with E-state index >= 15 is 0 Å². The number of carbonyl (C=O) groups is 1. The number of ether oxygens (including phenoxy) is 1. The molecule has 0 aliphatic heterocycles. The van der Waals surface area contributed by atoms with Gasteiger partial charge in [-0.2, -0.15) is 0 Å². The number of hydrogen-bond acceptors (Lipinski definition) is 2. The zero-order valence-corrected chi connectivity index (χ0v) is 12.3. The molecule has 2 aromatic rings. The van der Waals surface area contributed by atoms with Crippen LogP contribution >= 0.6 is 0 Å². The van der Waals surface area contributed by atoms with Crippen molar-refractivity contribution in [2.75, 3.05) is 7.11 Å². The molecule has 2 rings (SSSR count). The molecule has 0 aliphatic rings. The third-order valence-electron chi connectivity index (χ3n) is 3.47. The third kappa shape index (κ3) is 3.47. The molecule has 0 saturated carbocycles. The number of hydrogen-bond donors (Lipinski definition) is 0. The van der Waals surface area contributed by atoms with Crippen LogP contribution in [0.25, 0.3) is 0 Å². The average Bonchev–Trinajstić information content (AvgIpc) is 2.41.